The van der Waals surface area contributed by atoms with Crippen molar-refractivity contribution in [1.29, 1.82) is 5.26 Å². The molecule has 0 heterocycles. The minimum atomic E-state index is 0.371. The quantitative estimate of drug-likeness (QED) is 0.705. The third-order valence-corrected chi connectivity index (χ3v) is 1.99. The van der Waals surface area contributed by atoms with Gasteiger partial charge in [-0.15, -0.1) is 12.6 Å². The molecule has 0 saturated heterocycles. The average molecular weight is 179 g/mol. The Morgan fingerprint density at radius 2 is 2.33 bits per heavy atom. The van der Waals surface area contributed by atoms with Crippen molar-refractivity contribution >= 4 is 12.6 Å². The number of benzene rings is 1. The summed E-state index contributed by atoms with van der Waals surface area (Å²) in [6.07, 6.45) is 0.371. The van der Waals surface area contributed by atoms with Crippen molar-refractivity contribution in [1.82, 2.24) is 0 Å². The molecule has 0 aliphatic carbocycles. The van der Waals surface area contributed by atoms with Gasteiger partial charge < -0.3 is 4.74 Å². The number of nitrogens with zero attached hydrogens (tertiary/aromatic N) is 1. The topological polar surface area (TPSA) is 33.0 Å². The number of hydrogen-bond acceptors (Lipinski definition) is 3. The Morgan fingerprint density at radius 3 is 2.92 bits per heavy atom. The maximum atomic E-state index is 8.48. The van der Waals surface area contributed by atoms with Gasteiger partial charge in [-0.25, -0.2) is 0 Å². The third kappa shape index (κ3) is 1.93. The fourth-order valence-corrected chi connectivity index (χ4v) is 1.13. The molecule has 0 aliphatic heterocycles. The van der Waals surface area contributed by atoms with E-state index in [0.29, 0.717) is 6.42 Å². The van der Waals surface area contributed by atoms with E-state index in [1.165, 1.54) is 0 Å². The van der Waals surface area contributed by atoms with Gasteiger partial charge in [-0.2, -0.15) is 5.26 Å². The first-order valence-corrected chi connectivity index (χ1v) is 3.95. The molecule has 12 heavy (non-hydrogen) atoms. The Labute approximate surface area is 77.2 Å². The van der Waals surface area contributed by atoms with E-state index in [4.69, 9.17) is 10.00 Å². The van der Waals surface area contributed by atoms with Crippen LogP contribution in [0.4, 0.5) is 0 Å². The van der Waals surface area contributed by atoms with Crippen LogP contribution in [0.2, 0.25) is 0 Å². The molecule has 2 nitrogen and oxygen atoms in total. The summed E-state index contributed by atoms with van der Waals surface area (Å²) < 4.78 is 5.01. The van der Waals surface area contributed by atoms with Crippen LogP contribution in [0.15, 0.2) is 23.1 Å². The number of thiol groups is 1. The summed E-state index contributed by atoms with van der Waals surface area (Å²) >= 11 is 4.21. The molecule has 0 unspecified atom stereocenters. The van der Waals surface area contributed by atoms with Gasteiger partial charge >= 0.3 is 0 Å². The molecule has 0 aromatic heterocycles. The van der Waals surface area contributed by atoms with Gasteiger partial charge in [0.1, 0.15) is 5.75 Å². The second-order valence-corrected chi connectivity index (χ2v) is 2.81. The zero-order valence-electron chi connectivity index (χ0n) is 6.74. The lowest BCUT2D eigenvalue weighted by Crippen LogP contribution is -1.87. The monoisotopic (exact) mass is 179 g/mol. The van der Waals surface area contributed by atoms with Crippen LogP contribution in [-0.4, -0.2) is 7.11 Å². The fraction of sp³-hybridized carbons (Fsp3) is 0.222. The molecule has 0 spiro atoms. The minimum absolute atomic E-state index is 0.371. The number of methoxy groups -OCH3 is 1. The lowest BCUT2D eigenvalue weighted by atomic mass is 10.1. The highest BCUT2D eigenvalue weighted by molar-refractivity contribution is 7.80. The highest BCUT2D eigenvalue weighted by Gasteiger charge is 1.99. The van der Waals surface area contributed by atoms with E-state index in [0.717, 1.165) is 16.2 Å². The summed E-state index contributed by atoms with van der Waals surface area (Å²) in [5, 5.41) is 8.48. The number of hydrogen-bond donors (Lipinski definition) is 1. The molecule has 0 atom stereocenters. The first kappa shape index (κ1) is 8.95. The molecule has 0 amide bonds. The smallest absolute Gasteiger partial charge is 0.119 e. The Morgan fingerprint density at radius 1 is 1.58 bits per heavy atom. The van der Waals surface area contributed by atoms with Crippen molar-refractivity contribution < 1.29 is 4.74 Å². The Hall–Kier alpha value is -1.14. The molecule has 0 aliphatic rings. The standard InChI is InChI=1S/C9H9NOS/c1-11-8-2-3-9(12)7(6-8)4-5-10/h2-3,6,12H,4H2,1H3. The van der Waals surface area contributed by atoms with Crippen LogP contribution in [0.5, 0.6) is 5.75 Å². The predicted molar refractivity (Wildman–Crippen MR) is 49.6 cm³/mol. The van der Waals surface area contributed by atoms with Gasteiger partial charge in [0, 0.05) is 4.90 Å². The summed E-state index contributed by atoms with van der Waals surface area (Å²) in [4.78, 5) is 0.831. The summed E-state index contributed by atoms with van der Waals surface area (Å²) in [5.74, 6) is 0.762. The summed E-state index contributed by atoms with van der Waals surface area (Å²) in [6, 6.07) is 7.55. The van der Waals surface area contributed by atoms with E-state index in [9.17, 15) is 0 Å². The second-order valence-electron chi connectivity index (χ2n) is 2.33. The summed E-state index contributed by atoms with van der Waals surface area (Å²) in [6.45, 7) is 0. The van der Waals surface area contributed by atoms with Crippen molar-refractivity contribution in [2.24, 2.45) is 0 Å². The summed E-state index contributed by atoms with van der Waals surface area (Å²) in [5.41, 5.74) is 0.903. The Bertz CT molecular complexity index is 317. The molecule has 0 fully saturated rings. The van der Waals surface area contributed by atoms with Crippen LogP contribution in [-0.2, 0) is 6.42 Å². The largest absolute Gasteiger partial charge is 0.497 e. The summed E-state index contributed by atoms with van der Waals surface area (Å²) in [7, 11) is 1.60. The van der Waals surface area contributed by atoms with E-state index < -0.39 is 0 Å². The zero-order chi connectivity index (χ0) is 8.97. The Balaban J connectivity index is 3.01. The maximum Gasteiger partial charge on any atom is 0.119 e. The van der Waals surface area contributed by atoms with Gasteiger partial charge in [0.2, 0.25) is 0 Å². The normalized spacial score (nSPS) is 9.08. The average Bonchev–Trinajstić information content (AvgIpc) is 2.09. The predicted octanol–water partition coefficient (Wildman–Crippen LogP) is 2.05. The maximum absolute atomic E-state index is 8.48. The van der Waals surface area contributed by atoms with Crippen LogP contribution >= 0.6 is 12.6 Å². The van der Waals surface area contributed by atoms with Crippen LogP contribution in [0.25, 0.3) is 0 Å². The van der Waals surface area contributed by atoms with E-state index in [1.54, 1.807) is 7.11 Å². The highest BCUT2D eigenvalue weighted by Crippen LogP contribution is 2.20. The van der Waals surface area contributed by atoms with Gasteiger partial charge in [-0.05, 0) is 23.8 Å². The highest BCUT2D eigenvalue weighted by atomic mass is 32.1. The lowest BCUT2D eigenvalue weighted by Gasteiger charge is -2.03. The molecule has 0 bridgehead atoms. The van der Waals surface area contributed by atoms with Gasteiger partial charge in [0.25, 0.3) is 0 Å². The lowest BCUT2D eigenvalue weighted by molar-refractivity contribution is 0.414. The molecule has 62 valence electrons. The van der Waals surface area contributed by atoms with Gasteiger partial charge in [-0.1, -0.05) is 0 Å². The molecule has 0 radical (unpaired) electrons. The molecular weight excluding hydrogens is 170 g/mol. The van der Waals surface area contributed by atoms with Crippen molar-refractivity contribution in [2.45, 2.75) is 11.3 Å². The fourth-order valence-electron chi connectivity index (χ4n) is 0.916. The zero-order valence-corrected chi connectivity index (χ0v) is 7.64. The molecule has 0 N–H and O–H groups in total. The SMILES string of the molecule is COc1ccc(S)c(CC#N)c1. The van der Waals surface area contributed by atoms with Crippen LogP contribution in [0.3, 0.4) is 0 Å². The number of nitriles is 1. The third-order valence-electron chi connectivity index (χ3n) is 1.56. The van der Waals surface area contributed by atoms with Crippen molar-refractivity contribution in [3.05, 3.63) is 23.8 Å². The van der Waals surface area contributed by atoms with Crippen LogP contribution < -0.4 is 4.74 Å². The molecule has 3 heteroatoms. The van der Waals surface area contributed by atoms with Crippen LogP contribution in [0.1, 0.15) is 5.56 Å². The van der Waals surface area contributed by atoms with Crippen molar-refractivity contribution in [3.8, 4) is 11.8 Å². The van der Waals surface area contributed by atoms with E-state index in [2.05, 4.69) is 18.7 Å². The van der Waals surface area contributed by atoms with Crippen LogP contribution in [0, 0.1) is 11.3 Å². The number of rotatable bonds is 2. The van der Waals surface area contributed by atoms with Gasteiger partial charge in [0.05, 0.1) is 19.6 Å². The van der Waals surface area contributed by atoms with Gasteiger partial charge in [0.15, 0.2) is 0 Å². The van der Waals surface area contributed by atoms with Gasteiger partial charge in [-0.3, -0.25) is 0 Å². The first-order valence-electron chi connectivity index (χ1n) is 3.50. The van der Waals surface area contributed by atoms with E-state index >= 15 is 0 Å². The minimum Gasteiger partial charge on any atom is -0.497 e. The van der Waals surface area contributed by atoms with E-state index in [-0.39, 0.29) is 0 Å². The number of ether oxygens (including phenoxy) is 1. The van der Waals surface area contributed by atoms with E-state index in [1.807, 2.05) is 18.2 Å². The molecule has 0 saturated carbocycles. The molecule has 1 aromatic rings. The molecule has 1 aromatic carbocycles. The molecular formula is C9H9NOS. The molecule has 1 rings (SSSR count). The van der Waals surface area contributed by atoms with Crippen molar-refractivity contribution in [3.63, 3.8) is 0 Å². The Kier molecular flexibility index (Phi) is 3.01. The van der Waals surface area contributed by atoms with Crippen molar-refractivity contribution in [2.75, 3.05) is 7.11 Å². The second kappa shape index (κ2) is 4.03. The first-order chi connectivity index (χ1) is 5.77.